The molecule has 2 fully saturated rings. The van der Waals surface area contributed by atoms with Crippen molar-refractivity contribution in [3.63, 3.8) is 0 Å². The average molecular weight is 437 g/mol. The monoisotopic (exact) mass is 436 g/mol. The van der Waals surface area contributed by atoms with Gasteiger partial charge in [0.15, 0.2) is 0 Å². The molecule has 1 aliphatic carbocycles. The summed E-state index contributed by atoms with van der Waals surface area (Å²) >= 11 is 1.76. The summed E-state index contributed by atoms with van der Waals surface area (Å²) in [5.41, 5.74) is 3.34. The fourth-order valence-electron chi connectivity index (χ4n) is 5.66. The number of hydrogen-bond acceptors (Lipinski definition) is 3. The minimum atomic E-state index is -0.267. The molecule has 0 spiro atoms. The standard InChI is InChI=1S/C26H32N2O2S/c1-17-7-4-10-21-25(17)30-13-12-28(21)23(29)15-26(2,3)19-16-27-20-9-5-8-18(24(19)20)22-11-6-14-31-22/h5-6,8-9,11,14,16-17,21,25,27H,4,7,10,12-13,15H2,1-3H3. The molecule has 4 nitrogen and oxygen atoms in total. The molecule has 0 radical (unpaired) electrons. The third-order valence-electron chi connectivity index (χ3n) is 7.28. The normalized spacial score (nSPS) is 24.4. The quantitative estimate of drug-likeness (QED) is 0.547. The topological polar surface area (TPSA) is 45.3 Å². The number of ether oxygens (including phenoxy) is 1. The minimum Gasteiger partial charge on any atom is -0.374 e. The molecule has 0 bridgehead atoms. The second-order valence-electron chi connectivity index (χ2n) is 9.87. The van der Waals surface area contributed by atoms with Crippen LogP contribution in [0.5, 0.6) is 0 Å². The fourth-order valence-corrected chi connectivity index (χ4v) is 6.42. The summed E-state index contributed by atoms with van der Waals surface area (Å²) in [7, 11) is 0. The molecule has 1 aliphatic heterocycles. The third kappa shape index (κ3) is 3.72. The number of aromatic amines is 1. The molecular formula is C26H32N2O2S. The number of rotatable bonds is 4. The number of thiophene rings is 1. The molecule has 3 heterocycles. The molecule has 3 atom stereocenters. The van der Waals surface area contributed by atoms with Gasteiger partial charge in [0.05, 0.1) is 18.8 Å². The Morgan fingerprint density at radius 2 is 2.13 bits per heavy atom. The lowest BCUT2D eigenvalue weighted by Gasteiger charge is -2.47. The highest BCUT2D eigenvalue weighted by molar-refractivity contribution is 7.13. The summed E-state index contributed by atoms with van der Waals surface area (Å²) in [6.07, 6.45) is 6.28. The molecular weight excluding hydrogens is 404 g/mol. The Morgan fingerprint density at radius 1 is 1.26 bits per heavy atom. The number of morpholine rings is 1. The number of H-pyrrole nitrogens is 1. The van der Waals surface area contributed by atoms with E-state index in [-0.39, 0.29) is 23.5 Å². The highest BCUT2D eigenvalue weighted by Crippen LogP contribution is 2.41. The zero-order valence-corrected chi connectivity index (χ0v) is 19.5. The number of fused-ring (bicyclic) bond motifs is 2. The second-order valence-corrected chi connectivity index (χ2v) is 10.8. The predicted molar refractivity (Wildman–Crippen MR) is 128 cm³/mol. The van der Waals surface area contributed by atoms with Crippen molar-refractivity contribution in [2.24, 2.45) is 5.92 Å². The third-order valence-corrected chi connectivity index (χ3v) is 8.18. The Labute approximate surface area is 188 Å². The largest absolute Gasteiger partial charge is 0.374 e. The van der Waals surface area contributed by atoms with Crippen molar-refractivity contribution in [3.05, 3.63) is 47.5 Å². The van der Waals surface area contributed by atoms with Gasteiger partial charge < -0.3 is 14.6 Å². The number of benzene rings is 1. The van der Waals surface area contributed by atoms with E-state index >= 15 is 0 Å². The summed E-state index contributed by atoms with van der Waals surface area (Å²) in [4.78, 5) is 20.4. The number of amides is 1. The lowest BCUT2D eigenvalue weighted by Crippen LogP contribution is -2.57. The van der Waals surface area contributed by atoms with Crippen LogP contribution >= 0.6 is 11.3 Å². The second kappa shape index (κ2) is 8.10. The van der Waals surface area contributed by atoms with Gasteiger partial charge in [0.1, 0.15) is 0 Å². The van der Waals surface area contributed by atoms with Gasteiger partial charge in [-0.1, -0.05) is 45.4 Å². The Morgan fingerprint density at radius 3 is 2.94 bits per heavy atom. The first-order valence-corrected chi connectivity index (χ1v) is 12.4. The number of carbonyl (C=O) groups is 1. The molecule has 5 heteroatoms. The lowest BCUT2D eigenvalue weighted by molar-refractivity contribution is -0.155. The SMILES string of the molecule is CC1CCCC2C1OCCN2C(=O)CC(C)(C)c1c[nH]c2cccc(-c3cccs3)c12. The van der Waals surface area contributed by atoms with Gasteiger partial charge in [0, 0.05) is 45.9 Å². The van der Waals surface area contributed by atoms with E-state index in [1.807, 2.05) is 0 Å². The molecule has 2 aliphatic rings. The van der Waals surface area contributed by atoms with Gasteiger partial charge in [-0.3, -0.25) is 4.79 Å². The van der Waals surface area contributed by atoms with Crippen molar-refractivity contribution in [2.45, 2.75) is 64.0 Å². The first-order valence-electron chi connectivity index (χ1n) is 11.5. The van der Waals surface area contributed by atoms with Crippen molar-refractivity contribution < 1.29 is 9.53 Å². The number of nitrogens with zero attached hydrogens (tertiary/aromatic N) is 1. The van der Waals surface area contributed by atoms with Crippen molar-refractivity contribution in [1.82, 2.24) is 9.88 Å². The van der Waals surface area contributed by atoms with Crippen LogP contribution in [-0.4, -0.2) is 41.1 Å². The van der Waals surface area contributed by atoms with Crippen molar-refractivity contribution >= 4 is 28.1 Å². The Hall–Kier alpha value is -2.11. The highest BCUT2D eigenvalue weighted by Gasteiger charge is 2.41. The number of nitrogens with one attached hydrogen (secondary N) is 1. The van der Waals surface area contributed by atoms with E-state index in [2.05, 4.69) is 72.6 Å². The van der Waals surface area contributed by atoms with E-state index in [9.17, 15) is 4.79 Å². The molecule has 1 amide bonds. The van der Waals surface area contributed by atoms with Crippen LogP contribution < -0.4 is 0 Å². The number of carbonyl (C=O) groups excluding carboxylic acids is 1. The Balaban J connectivity index is 1.45. The lowest BCUT2D eigenvalue weighted by atomic mass is 9.78. The molecule has 1 aromatic carbocycles. The molecule has 3 unspecified atom stereocenters. The summed E-state index contributed by atoms with van der Waals surface area (Å²) < 4.78 is 6.09. The van der Waals surface area contributed by atoms with Crippen LogP contribution in [0.1, 0.15) is 52.0 Å². The average Bonchev–Trinajstić information content (AvgIpc) is 3.43. The summed E-state index contributed by atoms with van der Waals surface area (Å²) in [5, 5.41) is 3.36. The van der Waals surface area contributed by atoms with E-state index in [0.29, 0.717) is 18.9 Å². The van der Waals surface area contributed by atoms with Crippen LogP contribution in [0.2, 0.25) is 0 Å². The minimum absolute atomic E-state index is 0.202. The van der Waals surface area contributed by atoms with E-state index in [1.165, 1.54) is 34.2 Å². The smallest absolute Gasteiger partial charge is 0.223 e. The van der Waals surface area contributed by atoms with Crippen LogP contribution in [0.3, 0.4) is 0 Å². The maximum absolute atomic E-state index is 13.6. The molecule has 1 saturated heterocycles. The van der Waals surface area contributed by atoms with Crippen LogP contribution in [0.4, 0.5) is 0 Å². The maximum Gasteiger partial charge on any atom is 0.223 e. The van der Waals surface area contributed by atoms with Gasteiger partial charge in [0.25, 0.3) is 0 Å². The van der Waals surface area contributed by atoms with E-state index in [0.717, 1.165) is 18.5 Å². The zero-order valence-electron chi connectivity index (χ0n) is 18.7. The van der Waals surface area contributed by atoms with E-state index in [1.54, 1.807) is 11.3 Å². The zero-order chi connectivity index (χ0) is 21.6. The van der Waals surface area contributed by atoms with Crippen molar-refractivity contribution in [3.8, 4) is 10.4 Å². The Kier molecular flexibility index (Phi) is 5.43. The van der Waals surface area contributed by atoms with Crippen molar-refractivity contribution in [2.75, 3.05) is 13.2 Å². The fraction of sp³-hybridized carbons (Fsp3) is 0.500. The molecule has 3 aromatic rings. The molecule has 5 rings (SSSR count). The Bertz CT molecular complexity index is 1070. The maximum atomic E-state index is 13.6. The van der Waals surface area contributed by atoms with Gasteiger partial charge in [-0.15, -0.1) is 11.3 Å². The van der Waals surface area contributed by atoms with Crippen molar-refractivity contribution in [1.29, 1.82) is 0 Å². The van der Waals surface area contributed by atoms with Crippen LogP contribution in [0.15, 0.2) is 41.9 Å². The van der Waals surface area contributed by atoms with E-state index in [4.69, 9.17) is 4.74 Å². The van der Waals surface area contributed by atoms with Gasteiger partial charge >= 0.3 is 0 Å². The number of hydrogen-bond donors (Lipinski definition) is 1. The van der Waals surface area contributed by atoms with Gasteiger partial charge in [-0.25, -0.2) is 0 Å². The van der Waals surface area contributed by atoms with Crippen LogP contribution in [-0.2, 0) is 14.9 Å². The molecule has 1 saturated carbocycles. The summed E-state index contributed by atoms with van der Waals surface area (Å²) in [6, 6.07) is 10.9. The van der Waals surface area contributed by atoms with Crippen LogP contribution in [0, 0.1) is 5.92 Å². The molecule has 2 aromatic heterocycles. The predicted octanol–water partition coefficient (Wildman–Crippen LogP) is 5.98. The molecule has 31 heavy (non-hydrogen) atoms. The summed E-state index contributed by atoms with van der Waals surface area (Å²) in [6.45, 7) is 8.07. The van der Waals surface area contributed by atoms with Gasteiger partial charge in [-0.2, -0.15) is 0 Å². The molecule has 1 N–H and O–H groups in total. The van der Waals surface area contributed by atoms with E-state index < -0.39 is 0 Å². The first-order chi connectivity index (χ1) is 15.0. The summed E-state index contributed by atoms with van der Waals surface area (Å²) in [5.74, 6) is 0.796. The van der Waals surface area contributed by atoms with Crippen LogP contribution in [0.25, 0.3) is 21.3 Å². The highest BCUT2D eigenvalue weighted by atomic mass is 32.1. The first kappa shape index (κ1) is 20.8. The molecule has 164 valence electrons. The van der Waals surface area contributed by atoms with Gasteiger partial charge in [-0.05, 0) is 41.8 Å². The van der Waals surface area contributed by atoms with Gasteiger partial charge in [0.2, 0.25) is 5.91 Å². The number of aromatic nitrogens is 1.